The van der Waals surface area contributed by atoms with Crippen LogP contribution in [0.5, 0.6) is 10.1 Å². The molecule has 3 heterocycles. The number of fused-ring (bicyclic) bond motifs is 1. The average Bonchev–Trinajstić information content (AvgIpc) is 3.48. The number of halogens is 9. The van der Waals surface area contributed by atoms with E-state index in [2.05, 4.69) is 28.9 Å². The monoisotopic (exact) mass is 666 g/mol. The number of nitrogens with two attached hydrogens (primary N) is 2. The van der Waals surface area contributed by atoms with Gasteiger partial charge in [-0.25, -0.2) is 14.6 Å². The van der Waals surface area contributed by atoms with E-state index in [1.165, 1.54) is 0 Å². The average molecular weight is 668 g/mol. The van der Waals surface area contributed by atoms with Gasteiger partial charge in [-0.05, 0) is 0 Å². The smallest absolute Gasteiger partial charge is 0.422 e. The number of H-pyrrole nitrogens is 1. The van der Waals surface area contributed by atoms with Crippen molar-refractivity contribution in [2.75, 3.05) is 38.9 Å². The molecule has 5 N–H and O–H groups in total. The SMILES string of the molecule is COC(=O)c1sc(OCC(F)(F)F)c(N)c1N.COC(=O)c1sc(OCC(F)(F)F)c2[nH]c(C(Cl)(Cl)Cl)nc12. The molecule has 0 fully saturated rings. The molecule has 21 heteroatoms. The van der Waals surface area contributed by atoms with Crippen LogP contribution in [0.2, 0.25) is 0 Å². The molecule has 0 bridgehead atoms. The zero-order valence-corrected chi connectivity index (χ0v) is 23.1. The van der Waals surface area contributed by atoms with Crippen molar-refractivity contribution in [1.82, 2.24) is 9.97 Å². The first kappa shape index (κ1) is 32.7. The molecule has 10 nitrogen and oxygen atoms in total. The molecule has 3 aromatic heterocycles. The molecule has 3 aromatic rings. The van der Waals surface area contributed by atoms with Gasteiger partial charge in [0.05, 0.1) is 19.9 Å². The quantitative estimate of drug-likeness (QED) is 0.168. The van der Waals surface area contributed by atoms with Crippen LogP contribution in [0.4, 0.5) is 37.7 Å². The van der Waals surface area contributed by atoms with Crippen molar-refractivity contribution in [3.63, 3.8) is 0 Å². The van der Waals surface area contributed by atoms with Crippen molar-refractivity contribution in [2.24, 2.45) is 0 Å². The minimum atomic E-state index is -4.54. The van der Waals surface area contributed by atoms with Crippen LogP contribution in [0.25, 0.3) is 11.0 Å². The lowest BCUT2D eigenvalue weighted by molar-refractivity contribution is -0.153. The number of aromatic nitrogens is 2. The highest BCUT2D eigenvalue weighted by Crippen LogP contribution is 2.43. The van der Waals surface area contributed by atoms with Crippen LogP contribution in [-0.4, -0.2) is 61.7 Å². The van der Waals surface area contributed by atoms with Gasteiger partial charge in [0.2, 0.25) is 13.9 Å². The second-order valence-electron chi connectivity index (χ2n) is 6.86. The minimum absolute atomic E-state index is 0.00958. The number of imidazole rings is 1. The summed E-state index contributed by atoms with van der Waals surface area (Å²) in [5.74, 6) is -1.72. The van der Waals surface area contributed by atoms with E-state index in [1.807, 2.05) is 0 Å². The van der Waals surface area contributed by atoms with Crippen LogP contribution < -0.4 is 20.9 Å². The number of rotatable bonds is 6. The number of aromatic amines is 1. The van der Waals surface area contributed by atoms with Crippen LogP contribution in [0.15, 0.2) is 0 Å². The van der Waals surface area contributed by atoms with Gasteiger partial charge in [-0.2, -0.15) is 26.3 Å². The standard InChI is InChI=1S/C10H6Cl3F3N2O3S.C8H9F3N2O3S/c1-20-6(19)5-3-4(18-8(17-3)10(11,12)13)7(22-5)21-2-9(14,15)16;1-15-6(14)5-3(12)4(13)7(17-5)16-2-8(9,10)11/h2H2,1H3,(H,17,18);2,12-13H2,1H3. The van der Waals surface area contributed by atoms with Crippen molar-refractivity contribution < 1.29 is 54.9 Å². The van der Waals surface area contributed by atoms with Gasteiger partial charge in [0.25, 0.3) is 0 Å². The highest BCUT2D eigenvalue weighted by molar-refractivity contribution is 7.17. The molecule has 0 aliphatic heterocycles. The van der Waals surface area contributed by atoms with Crippen molar-refractivity contribution in [3.05, 3.63) is 15.6 Å². The zero-order chi connectivity index (χ0) is 29.9. The fraction of sp³-hybridized carbons (Fsp3) is 0.389. The van der Waals surface area contributed by atoms with E-state index in [9.17, 15) is 35.9 Å². The van der Waals surface area contributed by atoms with Gasteiger partial charge >= 0.3 is 24.3 Å². The largest absolute Gasteiger partial charge is 0.473 e. The van der Waals surface area contributed by atoms with E-state index in [-0.39, 0.29) is 48.1 Å². The number of ether oxygens (including phenoxy) is 4. The number of carbonyl (C=O) groups excluding carboxylic acids is 2. The Morgan fingerprint density at radius 3 is 1.77 bits per heavy atom. The molecular weight excluding hydrogens is 653 g/mol. The summed E-state index contributed by atoms with van der Waals surface area (Å²) >= 11 is 18.2. The molecule has 0 unspecified atom stereocenters. The number of hydrogen-bond donors (Lipinski definition) is 3. The lowest BCUT2D eigenvalue weighted by Gasteiger charge is -2.07. The Labute approximate surface area is 237 Å². The Bertz CT molecular complexity index is 1340. The number of nitrogen functional groups attached to an aromatic ring is 2. The Balaban J connectivity index is 0.000000283. The predicted molar refractivity (Wildman–Crippen MR) is 132 cm³/mol. The first-order valence-electron chi connectivity index (χ1n) is 9.62. The van der Waals surface area contributed by atoms with E-state index in [0.29, 0.717) is 22.7 Å². The van der Waals surface area contributed by atoms with Crippen molar-refractivity contribution in [2.45, 2.75) is 16.1 Å². The second kappa shape index (κ2) is 12.3. The highest BCUT2D eigenvalue weighted by Gasteiger charge is 2.34. The lowest BCUT2D eigenvalue weighted by atomic mass is 10.3. The van der Waals surface area contributed by atoms with Crippen molar-refractivity contribution in [1.29, 1.82) is 0 Å². The van der Waals surface area contributed by atoms with E-state index >= 15 is 0 Å². The van der Waals surface area contributed by atoms with E-state index in [1.54, 1.807) is 0 Å². The van der Waals surface area contributed by atoms with Gasteiger partial charge in [0.1, 0.15) is 26.5 Å². The molecule has 0 aliphatic carbocycles. The van der Waals surface area contributed by atoms with Crippen LogP contribution in [0.3, 0.4) is 0 Å². The van der Waals surface area contributed by atoms with E-state index < -0.39 is 41.3 Å². The molecule has 0 atom stereocenters. The Morgan fingerprint density at radius 2 is 1.31 bits per heavy atom. The predicted octanol–water partition coefficient (Wildman–Crippen LogP) is 5.82. The maximum atomic E-state index is 12.3. The summed E-state index contributed by atoms with van der Waals surface area (Å²) in [4.78, 5) is 29.1. The van der Waals surface area contributed by atoms with Gasteiger partial charge in [-0.1, -0.05) is 57.5 Å². The summed E-state index contributed by atoms with van der Waals surface area (Å²) in [6.45, 7) is -3.04. The summed E-state index contributed by atoms with van der Waals surface area (Å²) in [7, 11) is 2.24. The van der Waals surface area contributed by atoms with Crippen molar-refractivity contribution in [3.8, 4) is 10.1 Å². The number of methoxy groups -OCH3 is 2. The molecule has 0 amide bonds. The molecule has 0 aromatic carbocycles. The molecule has 0 aliphatic rings. The molecular formula is C18H15Cl3F6N4O6S2. The van der Waals surface area contributed by atoms with E-state index in [0.717, 1.165) is 14.2 Å². The summed E-state index contributed by atoms with van der Waals surface area (Å²) in [6, 6.07) is 0. The van der Waals surface area contributed by atoms with Crippen LogP contribution in [0, 0.1) is 0 Å². The molecule has 0 spiro atoms. The molecule has 3 rings (SSSR count). The molecule has 218 valence electrons. The molecule has 0 saturated heterocycles. The third kappa shape index (κ3) is 8.72. The van der Waals surface area contributed by atoms with Gasteiger partial charge in [0, 0.05) is 0 Å². The molecule has 39 heavy (non-hydrogen) atoms. The fourth-order valence-electron chi connectivity index (χ4n) is 2.43. The van der Waals surface area contributed by atoms with Crippen molar-refractivity contribution >= 4 is 91.8 Å². The second-order valence-corrected chi connectivity index (χ2v) is 11.1. The Hall–Kier alpha value is -2.54. The number of nitrogens with one attached hydrogen (secondary N) is 1. The van der Waals surface area contributed by atoms with Gasteiger partial charge < -0.3 is 35.4 Å². The number of anilines is 2. The summed E-state index contributed by atoms with van der Waals surface area (Å²) in [5.41, 5.74) is 10.6. The topological polar surface area (TPSA) is 152 Å². The lowest BCUT2D eigenvalue weighted by Crippen LogP contribution is -2.19. The molecule has 0 saturated carbocycles. The maximum Gasteiger partial charge on any atom is 0.422 e. The number of hydrogen-bond acceptors (Lipinski definition) is 11. The normalized spacial score (nSPS) is 12.1. The number of carbonyl (C=O) groups is 2. The van der Waals surface area contributed by atoms with Gasteiger partial charge in [-0.15, -0.1) is 0 Å². The highest BCUT2D eigenvalue weighted by atomic mass is 35.6. The Kier molecular flexibility index (Phi) is 10.3. The molecule has 0 radical (unpaired) electrons. The Morgan fingerprint density at radius 1 is 0.846 bits per heavy atom. The van der Waals surface area contributed by atoms with E-state index in [4.69, 9.17) is 46.3 Å². The summed E-state index contributed by atoms with van der Waals surface area (Å²) in [6.07, 6.45) is -9.03. The number of nitrogens with zero attached hydrogens (tertiary/aromatic N) is 1. The number of thiophene rings is 2. The third-order valence-electron chi connectivity index (χ3n) is 4.01. The maximum absolute atomic E-state index is 12.3. The summed E-state index contributed by atoms with van der Waals surface area (Å²) in [5, 5.41) is -0.457. The minimum Gasteiger partial charge on any atom is -0.473 e. The number of esters is 2. The van der Waals surface area contributed by atoms with Crippen LogP contribution in [-0.2, 0) is 13.3 Å². The fourth-order valence-corrected chi connectivity index (χ4v) is 4.57. The first-order chi connectivity index (χ1) is 17.8. The van der Waals surface area contributed by atoms with Crippen LogP contribution in [0.1, 0.15) is 25.2 Å². The first-order valence-corrected chi connectivity index (χ1v) is 12.4. The third-order valence-corrected chi connectivity index (χ3v) is 6.73. The van der Waals surface area contributed by atoms with Gasteiger partial charge in [-0.3, -0.25) is 0 Å². The summed E-state index contributed by atoms with van der Waals surface area (Å²) < 4.78 is 88.7. The number of alkyl halides is 9. The van der Waals surface area contributed by atoms with Crippen LogP contribution >= 0.6 is 57.5 Å². The zero-order valence-electron chi connectivity index (χ0n) is 19.2. The van der Waals surface area contributed by atoms with Gasteiger partial charge in [0.15, 0.2) is 19.0 Å².